The molecule has 2 aliphatic heterocycles. The van der Waals surface area contributed by atoms with Crippen molar-refractivity contribution < 1.29 is 28.2 Å². The van der Waals surface area contributed by atoms with E-state index in [2.05, 4.69) is 34.1 Å². The number of rotatable bonds is 5. The normalized spacial score (nSPS) is 27.3. The van der Waals surface area contributed by atoms with Gasteiger partial charge in [-0.3, -0.25) is 9.78 Å². The lowest BCUT2D eigenvalue weighted by Gasteiger charge is -2.39. The summed E-state index contributed by atoms with van der Waals surface area (Å²) in [6, 6.07) is 11.6. The van der Waals surface area contributed by atoms with Crippen molar-refractivity contribution in [1.82, 2.24) is 14.8 Å². The summed E-state index contributed by atoms with van der Waals surface area (Å²) >= 11 is 0. The number of nitrogens with zero attached hydrogens (tertiary/aromatic N) is 3. The quantitative estimate of drug-likeness (QED) is 0.632. The molecule has 1 aromatic carbocycles. The van der Waals surface area contributed by atoms with Gasteiger partial charge in [0.05, 0.1) is 17.1 Å². The number of amides is 1. The molecule has 2 aromatic rings. The Morgan fingerprint density at radius 1 is 1.14 bits per heavy atom. The number of hydrogen-bond acceptors (Lipinski definition) is 5. The molecule has 0 spiro atoms. The van der Waals surface area contributed by atoms with E-state index in [0.717, 1.165) is 38.2 Å². The van der Waals surface area contributed by atoms with E-state index in [1.165, 1.54) is 5.56 Å². The summed E-state index contributed by atoms with van der Waals surface area (Å²) in [5, 5.41) is 21.1. The minimum Gasteiger partial charge on any atom is -0.396 e. The number of aliphatic hydroxyl groups excluding tert-OH is 2. The predicted octanol–water partition coefficient (Wildman–Crippen LogP) is 3.76. The van der Waals surface area contributed by atoms with E-state index in [9.17, 15) is 28.2 Å². The summed E-state index contributed by atoms with van der Waals surface area (Å²) in [4.78, 5) is 21.8. The van der Waals surface area contributed by atoms with E-state index in [-0.39, 0.29) is 31.5 Å². The zero-order valence-corrected chi connectivity index (χ0v) is 20.8. The fraction of sp³-hybridized carbons (Fsp3) is 0.571. The number of piperidine rings is 1. The number of aromatic nitrogens is 1. The molecule has 1 aliphatic carbocycles. The lowest BCUT2D eigenvalue weighted by Crippen LogP contribution is -2.50. The molecule has 0 bridgehead atoms. The highest BCUT2D eigenvalue weighted by atomic mass is 19.4. The molecule has 3 heterocycles. The Labute approximate surface area is 215 Å². The van der Waals surface area contributed by atoms with Crippen molar-refractivity contribution in [3.8, 4) is 0 Å². The first-order valence-electron chi connectivity index (χ1n) is 13.1. The standard InChI is InChI=1S/C28H34F3N3O3/c29-28(30,31)22-14-21-18-34(12-8-24(21)32-17-22)26(37)27(9-13-35)16-23(15-25(27)36)33-10-6-20(7-11-33)19-4-2-1-3-5-19/h1-5,14,17,20,23,25,35-36H,6-13,15-16,18H2/t23-,25-,27-/m1/s1. The number of pyridine rings is 1. The molecule has 1 saturated heterocycles. The van der Waals surface area contributed by atoms with Gasteiger partial charge in [-0.05, 0) is 68.3 Å². The number of benzene rings is 1. The molecule has 5 rings (SSSR count). The second-order valence-corrected chi connectivity index (χ2v) is 10.8. The molecule has 9 heteroatoms. The average molecular weight is 518 g/mol. The van der Waals surface area contributed by atoms with Crippen LogP contribution in [0.4, 0.5) is 13.2 Å². The van der Waals surface area contributed by atoms with Crippen molar-refractivity contribution in [2.75, 3.05) is 26.2 Å². The largest absolute Gasteiger partial charge is 0.417 e. The highest BCUT2D eigenvalue weighted by Gasteiger charge is 2.54. The fourth-order valence-corrected chi connectivity index (χ4v) is 6.60. The van der Waals surface area contributed by atoms with Gasteiger partial charge in [0.25, 0.3) is 0 Å². The number of carbonyl (C=O) groups is 1. The van der Waals surface area contributed by atoms with Crippen LogP contribution < -0.4 is 0 Å². The molecular formula is C28H34F3N3O3. The van der Waals surface area contributed by atoms with Gasteiger partial charge in [0.2, 0.25) is 5.91 Å². The van der Waals surface area contributed by atoms with Gasteiger partial charge >= 0.3 is 6.18 Å². The third kappa shape index (κ3) is 5.13. The number of halogens is 3. The third-order valence-corrected chi connectivity index (χ3v) is 8.69. The number of fused-ring (bicyclic) bond motifs is 1. The number of carbonyl (C=O) groups excluding carboxylic acids is 1. The number of aliphatic hydroxyl groups is 2. The summed E-state index contributed by atoms with van der Waals surface area (Å²) in [5.41, 5.74) is 0.333. The number of likely N-dealkylation sites (tertiary alicyclic amines) is 1. The first-order valence-corrected chi connectivity index (χ1v) is 13.1. The van der Waals surface area contributed by atoms with Crippen molar-refractivity contribution >= 4 is 5.91 Å². The zero-order valence-electron chi connectivity index (χ0n) is 20.8. The lowest BCUT2D eigenvalue weighted by molar-refractivity contribution is -0.150. The van der Waals surface area contributed by atoms with Gasteiger partial charge in [0, 0.05) is 44.0 Å². The summed E-state index contributed by atoms with van der Waals surface area (Å²) in [5.74, 6) is 0.218. The Bertz CT molecular complexity index is 1100. The molecule has 200 valence electrons. The van der Waals surface area contributed by atoms with E-state index in [1.807, 2.05) is 6.07 Å². The molecule has 37 heavy (non-hydrogen) atoms. The molecule has 1 amide bonds. The maximum absolute atomic E-state index is 13.9. The number of hydrogen-bond donors (Lipinski definition) is 2. The van der Waals surface area contributed by atoms with Gasteiger partial charge in [-0.2, -0.15) is 13.2 Å². The Morgan fingerprint density at radius 2 is 1.86 bits per heavy atom. The molecule has 0 radical (unpaired) electrons. The van der Waals surface area contributed by atoms with Gasteiger partial charge in [-0.15, -0.1) is 0 Å². The van der Waals surface area contributed by atoms with E-state index < -0.39 is 23.3 Å². The van der Waals surface area contributed by atoms with Crippen LogP contribution in [0.25, 0.3) is 0 Å². The van der Waals surface area contributed by atoms with Crippen LogP contribution in [-0.4, -0.2) is 69.3 Å². The average Bonchev–Trinajstić information content (AvgIpc) is 3.24. The maximum atomic E-state index is 13.9. The second-order valence-electron chi connectivity index (χ2n) is 10.8. The summed E-state index contributed by atoms with van der Waals surface area (Å²) in [7, 11) is 0. The lowest BCUT2D eigenvalue weighted by atomic mass is 9.78. The fourth-order valence-electron chi connectivity index (χ4n) is 6.60. The monoisotopic (exact) mass is 517 g/mol. The van der Waals surface area contributed by atoms with Crippen LogP contribution in [0.5, 0.6) is 0 Å². The van der Waals surface area contributed by atoms with Crippen LogP contribution in [0.2, 0.25) is 0 Å². The summed E-state index contributed by atoms with van der Waals surface area (Å²) in [6.07, 6.45) is -1.17. The van der Waals surface area contributed by atoms with E-state index in [0.29, 0.717) is 43.0 Å². The van der Waals surface area contributed by atoms with Gasteiger partial charge in [0.1, 0.15) is 0 Å². The Hall–Kier alpha value is -2.49. The molecular weight excluding hydrogens is 483 g/mol. The van der Waals surface area contributed by atoms with Crippen molar-refractivity contribution in [1.29, 1.82) is 0 Å². The Kier molecular flexibility index (Phi) is 7.31. The minimum atomic E-state index is -4.50. The molecule has 1 aromatic heterocycles. The van der Waals surface area contributed by atoms with Crippen molar-refractivity contribution in [2.45, 2.75) is 69.3 Å². The van der Waals surface area contributed by atoms with Crippen LogP contribution in [-0.2, 0) is 23.9 Å². The summed E-state index contributed by atoms with van der Waals surface area (Å²) < 4.78 is 39.7. The van der Waals surface area contributed by atoms with Gasteiger partial charge < -0.3 is 20.0 Å². The molecule has 2 fully saturated rings. The number of alkyl halides is 3. The first-order chi connectivity index (χ1) is 17.7. The van der Waals surface area contributed by atoms with Crippen molar-refractivity contribution in [2.24, 2.45) is 5.41 Å². The van der Waals surface area contributed by atoms with Crippen molar-refractivity contribution in [3.63, 3.8) is 0 Å². The Balaban J connectivity index is 1.29. The molecule has 6 nitrogen and oxygen atoms in total. The predicted molar refractivity (Wildman–Crippen MR) is 132 cm³/mol. The first kappa shape index (κ1) is 26.1. The summed E-state index contributed by atoms with van der Waals surface area (Å²) in [6.45, 7) is 1.87. The van der Waals surface area contributed by atoms with Crippen molar-refractivity contribution in [3.05, 3.63) is 65.0 Å². The van der Waals surface area contributed by atoms with E-state index >= 15 is 0 Å². The SMILES string of the molecule is O=C(N1CCc2ncc(C(F)(F)F)cc2C1)[C@]1(CCO)C[C@H](N2CCC(c3ccccc3)CC2)C[C@H]1O. The van der Waals surface area contributed by atoms with Gasteiger partial charge in [-0.25, -0.2) is 0 Å². The second kappa shape index (κ2) is 10.3. The maximum Gasteiger partial charge on any atom is 0.417 e. The van der Waals surface area contributed by atoms with Crippen LogP contribution in [0.3, 0.4) is 0 Å². The highest BCUT2D eigenvalue weighted by molar-refractivity contribution is 5.84. The van der Waals surface area contributed by atoms with Crippen LogP contribution in [0.15, 0.2) is 42.6 Å². The smallest absolute Gasteiger partial charge is 0.396 e. The minimum absolute atomic E-state index is 0.0257. The van der Waals surface area contributed by atoms with E-state index in [1.54, 1.807) is 4.90 Å². The molecule has 3 atom stereocenters. The van der Waals surface area contributed by atoms with Gasteiger partial charge in [-0.1, -0.05) is 30.3 Å². The molecule has 0 unspecified atom stereocenters. The van der Waals surface area contributed by atoms with Crippen LogP contribution in [0.1, 0.15) is 60.4 Å². The topological polar surface area (TPSA) is 76.9 Å². The molecule has 3 aliphatic rings. The highest BCUT2D eigenvalue weighted by Crippen LogP contribution is 2.46. The van der Waals surface area contributed by atoms with Gasteiger partial charge in [0.15, 0.2) is 0 Å². The van der Waals surface area contributed by atoms with E-state index in [4.69, 9.17) is 0 Å². The molecule has 2 N–H and O–H groups in total. The molecule has 1 saturated carbocycles. The van der Waals surface area contributed by atoms with Crippen LogP contribution in [0, 0.1) is 5.41 Å². The zero-order chi connectivity index (χ0) is 26.2. The van der Waals surface area contributed by atoms with Crippen LogP contribution >= 0.6 is 0 Å². The Morgan fingerprint density at radius 3 is 2.54 bits per heavy atom. The third-order valence-electron chi connectivity index (χ3n) is 8.69.